The van der Waals surface area contributed by atoms with Crippen molar-refractivity contribution in [2.24, 2.45) is 5.92 Å². The number of imidazole rings is 1. The first-order valence-electron chi connectivity index (χ1n) is 7.09. The van der Waals surface area contributed by atoms with Gasteiger partial charge in [0.2, 0.25) is 0 Å². The normalized spacial score (nSPS) is 17.1. The van der Waals surface area contributed by atoms with E-state index in [1.807, 2.05) is 18.5 Å². The molecule has 0 radical (unpaired) electrons. The van der Waals surface area contributed by atoms with Crippen LogP contribution >= 0.6 is 0 Å². The van der Waals surface area contributed by atoms with Crippen molar-refractivity contribution in [3.05, 3.63) is 30.6 Å². The van der Waals surface area contributed by atoms with Crippen molar-refractivity contribution in [2.45, 2.75) is 38.5 Å². The molecule has 1 saturated carbocycles. The predicted octanol–water partition coefficient (Wildman–Crippen LogP) is 3.72. The maximum atomic E-state index is 4.30. The van der Waals surface area contributed by atoms with E-state index in [2.05, 4.69) is 26.8 Å². The molecule has 1 fully saturated rings. The Morgan fingerprint density at radius 2 is 2.11 bits per heavy atom. The van der Waals surface area contributed by atoms with Gasteiger partial charge in [-0.25, -0.2) is 4.98 Å². The summed E-state index contributed by atoms with van der Waals surface area (Å²) in [5, 5.41) is 3.54. The number of anilines is 1. The van der Waals surface area contributed by atoms with Crippen molar-refractivity contribution < 1.29 is 0 Å². The lowest BCUT2D eigenvalue weighted by molar-refractivity contribution is 0.345. The van der Waals surface area contributed by atoms with Gasteiger partial charge in [-0.15, -0.1) is 0 Å². The number of hydrogen-bond acceptors (Lipinski definition) is 2. The molecular formula is C15H21N3. The summed E-state index contributed by atoms with van der Waals surface area (Å²) >= 11 is 0. The minimum Gasteiger partial charge on any atom is -0.371 e. The van der Waals surface area contributed by atoms with E-state index in [9.17, 15) is 0 Å². The van der Waals surface area contributed by atoms with E-state index in [0.717, 1.165) is 23.9 Å². The molecule has 18 heavy (non-hydrogen) atoms. The zero-order chi connectivity index (χ0) is 12.2. The Morgan fingerprint density at radius 3 is 3.00 bits per heavy atom. The van der Waals surface area contributed by atoms with Crippen molar-refractivity contribution in [3.8, 4) is 0 Å². The second-order valence-electron chi connectivity index (χ2n) is 5.29. The average molecular weight is 243 g/mol. The Hall–Kier alpha value is -1.51. The lowest BCUT2D eigenvalue weighted by Crippen LogP contribution is -2.13. The molecule has 1 N–H and O–H groups in total. The van der Waals surface area contributed by atoms with Gasteiger partial charge in [-0.2, -0.15) is 0 Å². The fourth-order valence-electron chi connectivity index (χ4n) is 2.97. The Kier molecular flexibility index (Phi) is 3.49. The summed E-state index contributed by atoms with van der Waals surface area (Å²) in [4.78, 5) is 4.30. The zero-order valence-corrected chi connectivity index (χ0v) is 10.8. The molecule has 3 heteroatoms. The van der Waals surface area contributed by atoms with Crippen LogP contribution in [0, 0.1) is 5.92 Å². The lowest BCUT2D eigenvalue weighted by Gasteiger charge is -2.21. The summed E-state index contributed by atoms with van der Waals surface area (Å²) in [5.41, 5.74) is 1.01. The predicted molar refractivity (Wildman–Crippen MR) is 74.9 cm³/mol. The third-order valence-electron chi connectivity index (χ3n) is 4.01. The molecule has 2 aromatic rings. The minimum atomic E-state index is 0.938. The van der Waals surface area contributed by atoms with Gasteiger partial charge >= 0.3 is 0 Å². The fraction of sp³-hybridized carbons (Fsp3) is 0.533. The summed E-state index contributed by atoms with van der Waals surface area (Å²) in [6.45, 7) is 1.07. The molecule has 1 aliphatic rings. The molecule has 2 heterocycles. The van der Waals surface area contributed by atoms with Gasteiger partial charge in [-0.05, 0) is 24.5 Å². The third kappa shape index (κ3) is 2.50. The van der Waals surface area contributed by atoms with Crippen LogP contribution in [-0.4, -0.2) is 15.9 Å². The van der Waals surface area contributed by atoms with Gasteiger partial charge in [0, 0.05) is 18.9 Å². The first kappa shape index (κ1) is 11.6. The molecule has 1 aliphatic carbocycles. The van der Waals surface area contributed by atoms with E-state index in [-0.39, 0.29) is 0 Å². The first-order valence-corrected chi connectivity index (χ1v) is 7.09. The van der Waals surface area contributed by atoms with Gasteiger partial charge in [0.25, 0.3) is 0 Å². The topological polar surface area (TPSA) is 29.3 Å². The fourth-order valence-corrected chi connectivity index (χ4v) is 2.97. The molecule has 3 rings (SSSR count). The minimum absolute atomic E-state index is 0.938. The van der Waals surface area contributed by atoms with E-state index in [1.54, 1.807) is 0 Å². The van der Waals surface area contributed by atoms with Crippen LogP contribution in [0.2, 0.25) is 0 Å². The van der Waals surface area contributed by atoms with Crippen LogP contribution in [0.15, 0.2) is 30.6 Å². The average Bonchev–Trinajstić information content (AvgIpc) is 2.89. The van der Waals surface area contributed by atoms with Crippen molar-refractivity contribution >= 4 is 11.5 Å². The SMILES string of the molecule is c1cc(NCCC2CCCCC2)n2ccnc2c1. The molecule has 96 valence electrons. The van der Waals surface area contributed by atoms with Crippen LogP contribution < -0.4 is 5.32 Å². The number of nitrogens with one attached hydrogen (secondary N) is 1. The second kappa shape index (κ2) is 5.42. The number of hydrogen-bond donors (Lipinski definition) is 1. The van der Waals surface area contributed by atoms with E-state index < -0.39 is 0 Å². The summed E-state index contributed by atoms with van der Waals surface area (Å²) in [7, 11) is 0. The highest BCUT2D eigenvalue weighted by molar-refractivity contribution is 5.49. The van der Waals surface area contributed by atoms with Crippen molar-refractivity contribution in [1.29, 1.82) is 0 Å². The molecule has 2 aromatic heterocycles. The molecule has 0 unspecified atom stereocenters. The zero-order valence-electron chi connectivity index (χ0n) is 10.8. The van der Waals surface area contributed by atoms with Gasteiger partial charge in [0.1, 0.15) is 11.5 Å². The second-order valence-corrected chi connectivity index (χ2v) is 5.29. The van der Waals surface area contributed by atoms with Gasteiger partial charge in [0.15, 0.2) is 0 Å². The van der Waals surface area contributed by atoms with Gasteiger partial charge in [-0.3, -0.25) is 4.40 Å². The monoisotopic (exact) mass is 243 g/mol. The van der Waals surface area contributed by atoms with Crippen LogP contribution in [0.5, 0.6) is 0 Å². The number of rotatable bonds is 4. The van der Waals surface area contributed by atoms with Crippen LogP contribution in [-0.2, 0) is 0 Å². The molecule has 0 atom stereocenters. The number of pyridine rings is 1. The molecule has 0 saturated heterocycles. The van der Waals surface area contributed by atoms with Crippen molar-refractivity contribution in [2.75, 3.05) is 11.9 Å². The number of fused-ring (bicyclic) bond motifs is 1. The van der Waals surface area contributed by atoms with Gasteiger partial charge in [0.05, 0.1) is 0 Å². The van der Waals surface area contributed by atoms with Crippen LogP contribution in [0.4, 0.5) is 5.82 Å². The summed E-state index contributed by atoms with van der Waals surface area (Å²) in [5.74, 6) is 2.09. The highest BCUT2D eigenvalue weighted by atomic mass is 15.1. The molecule has 0 spiro atoms. The van der Waals surface area contributed by atoms with Crippen LogP contribution in [0.1, 0.15) is 38.5 Å². The van der Waals surface area contributed by atoms with Gasteiger partial charge in [-0.1, -0.05) is 38.2 Å². The Morgan fingerprint density at radius 1 is 1.22 bits per heavy atom. The Balaban J connectivity index is 1.57. The summed E-state index contributed by atoms with van der Waals surface area (Å²) < 4.78 is 2.11. The molecule has 0 aliphatic heterocycles. The quantitative estimate of drug-likeness (QED) is 0.886. The smallest absolute Gasteiger partial charge is 0.138 e. The van der Waals surface area contributed by atoms with E-state index in [4.69, 9.17) is 0 Å². The number of nitrogens with zero attached hydrogens (tertiary/aromatic N) is 2. The highest BCUT2D eigenvalue weighted by Crippen LogP contribution is 2.26. The summed E-state index contributed by atoms with van der Waals surface area (Å²) in [6, 6.07) is 6.22. The highest BCUT2D eigenvalue weighted by Gasteiger charge is 2.12. The molecule has 3 nitrogen and oxygen atoms in total. The molecule has 0 bridgehead atoms. The standard InChI is InChI=1S/C15H21N3/c1-2-5-13(6-3-1)9-10-16-14-7-4-8-15-17-11-12-18(14)15/h4,7-8,11-13,16H,1-3,5-6,9-10H2. The summed E-state index contributed by atoms with van der Waals surface area (Å²) in [6.07, 6.45) is 12.3. The van der Waals surface area contributed by atoms with Crippen LogP contribution in [0.25, 0.3) is 5.65 Å². The van der Waals surface area contributed by atoms with Crippen molar-refractivity contribution in [3.63, 3.8) is 0 Å². The van der Waals surface area contributed by atoms with Crippen LogP contribution in [0.3, 0.4) is 0 Å². The van der Waals surface area contributed by atoms with E-state index in [0.29, 0.717) is 0 Å². The number of aromatic nitrogens is 2. The maximum Gasteiger partial charge on any atom is 0.138 e. The van der Waals surface area contributed by atoms with E-state index in [1.165, 1.54) is 38.5 Å². The first-order chi connectivity index (χ1) is 8.93. The van der Waals surface area contributed by atoms with Crippen molar-refractivity contribution in [1.82, 2.24) is 9.38 Å². The Bertz CT molecular complexity index is 497. The maximum absolute atomic E-state index is 4.30. The lowest BCUT2D eigenvalue weighted by atomic mass is 9.87. The third-order valence-corrected chi connectivity index (χ3v) is 4.01. The molecule has 0 amide bonds. The van der Waals surface area contributed by atoms with E-state index >= 15 is 0 Å². The largest absolute Gasteiger partial charge is 0.371 e. The Labute approximate surface area is 108 Å². The van der Waals surface area contributed by atoms with Gasteiger partial charge < -0.3 is 5.32 Å². The molecular weight excluding hydrogens is 222 g/mol. The molecule has 0 aromatic carbocycles.